The number of carboxylic acids is 1. The Morgan fingerprint density at radius 2 is 1.67 bits per heavy atom. The molecule has 2 N–H and O–H groups in total. The number of carbonyl (C=O) groups is 2. The van der Waals surface area contributed by atoms with Gasteiger partial charge in [0.25, 0.3) is 5.91 Å². The Bertz CT molecular complexity index is 1180. The van der Waals surface area contributed by atoms with Crippen LogP contribution in [0.5, 0.6) is 0 Å². The fourth-order valence-corrected chi connectivity index (χ4v) is 3.49. The van der Waals surface area contributed by atoms with Crippen LogP contribution >= 0.6 is 23.2 Å². The van der Waals surface area contributed by atoms with E-state index in [2.05, 4.69) is 21.9 Å². The summed E-state index contributed by atoms with van der Waals surface area (Å²) in [6.07, 6.45) is 6.57. The molecular formula is C24H20Cl2N4O3. The molecule has 0 saturated carbocycles. The molecule has 1 atom stereocenters. The van der Waals surface area contributed by atoms with E-state index in [1.54, 1.807) is 30.6 Å². The van der Waals surface area contributed by atoms with Crippen LogP contribution in [0.2, 0.25) is 10.0 Å². The summed E-state index contributed by atoms with van der Waals surface area (Å²) in [5, 5.41) is 12.2. The van der Waals surface area contributed by atoms with Crippen molar-refractivity contribution < 1.29 is 14.7 Å². The van der Waals surface area contributed by atoms with Crippen molar-refractivity contribution in [1.82, 2.24) is 15.3 Å². The van der Waals surface area contributed by atoms with Gasteiger partial charge in [0.2, 0.25) is 5.95 Å². The Balaban J connectivity index is 1.71. The number of nitrogens with zero attached hydrogens (tertiary/aromatic N) is 3. The number of benzene rings is 2. The summed E-state index contributed by atoms with van der Waals surface area (Å²) in [4.78, 5) is 34.6. The normalized spacial score (nSPS) is 11.7. The summed E-state index contributed by atoms with van der Waals surface area (Å²) in [5.41, 5.74) is 1.88. The van der Waals surface area contributed by atoms with Crippen molar-refractivity contribution in [3.63, 3.8) is 0 Å². The van der Waals surface area contributed by atoms with Gasteiger partial charge in [-0.15, -0.1) is 0 Å². The number of amides is 1. The van der Waals surface area contributed by atoms with Gasteiger partial charge in [0.05, 0.1) is 15.6 Å². The van der Waals surface area contributed by atoms with Crippen LogP contribution in [0.1, 0.15) is 15.9 Å². The molecule has 0 aliphatic heterocycles. The molecule has 1 aromatic heterocycles. The number of hydrogen-bond acceptors (Lipinski definition) is 5. The van der Waals surface area contributed by atoms with E-state index in [1.165, 1.54) is 18.2 Å². The highest BCUT2D eigenvalue weighted by molar-refractivity contribution is 6.39. The Morgan fingerprint density at radius 3 is 2.24 bits per heavy atom. The van der Waals surface area contributed by atoms with Crippen molar-refractivity contribution in [1.29, 1.82) is 0 Å². The van der Waals surface area contributed by atoms with Crippen molar-refractivity contribution in [3.8, 4) is 0 Å². The van der Waals surface area contributed by atoms with Gasteiger partial charge >= 0.3 is 5.97 Å². The molecule has 0 bridgehead atoms. The van der Waals surface area contributed by atoms with Gasteiger partial charge < -0.3 is 15.3 Å². The summed E-state index contributed by atoms with van der Waals surface area (Å²) in [6.45, 7) is 3.80. The van der Waals surface area contributed by atoms with Crippen LogP contribution in [-0.2, 0) is 4.79 Å². The number of carbonyl (C=O) groups excluding carboxylic acids is 1. The SMILES string of the molecule is C=C(/C=C/c1ccc(N(C)c2ncccn2)cc1)[C@H](NC(=O)c1c(Cl)cccc1Cl)C(=O)O. The van der Waals surface area contributed by atoms with Crippen molar-refractivity contribution in [3.05, 3.63) is 100 Å². The van der Waals surface area contributed by atoms with Gasteiger partial charge in [-0.2, -0.15) is 0 Å². The van der Waals surface area contributed by atoms with E-state index in [0.717, 1.165) is 11.3 Å². The maximum Gasteiger partial charge on any atom is 0.330 e. The monoisotopic (exact) mass is 482 g/mol. The van der Waals surface area contributed by atoms with Gasteiger partial charge in [-0.3, -0.25) is 4.79 Å². The second-order valence-corrected chi connectivity index (χ2v) is 7.76. The first-order valence-electron chi connectivity index (χ1n) is 9.73. The first-order chi connectivity index (χ1) is 15.8. The van der Waals surface area contributed by atoms with Crippen LogP contribution in [0.3, 0.4) is 0 Å². The number of carboxylic acid groups (broad SMARTS) is 1. The largest absolute Gasteiger partial charge is 0.479 e. The molecule has 1 heterocycles. The smallest absolute Gasteiger partial charge is 0.330 e. The molecule has 2 aromatic carbocycles. The summed E-state index contributed by atoms with van der Waals surface area (Å²) in [7, 11) is 1.85. The van der Waals surface area contributed by atoms with E-state index in [9.17, 15) is 14.7 Å². The average molecular weight is 483 g/mol. The van der Waals surface area contributed by atoms with E-state index in [1.807, 2.05) is 36.2 Å². The van der Waals surface area contributed by atoms with Crippen molar-refractivity contribution >= 4 is 52.8 Å². The molecule has 0 radical (unpaired) electrons. The molecule has 0 aliphatic rings. The van der Waals surface area contributed by atoms with E-state index >= 15 is 0 Å². The van der Waals surface area contributed by atoms with Gasteiger partial charge in [-0.05, 0) is 41.5 Å². The molecule has 9 heteroatoms. The third-order valence-electron chi connectivity index (χ3n) is 4.71. The Labute approximate surface area is 201 Å². The van der Waals surface area contributed by atoms with Crippen LogP contribution < -0.4 is 10.2 Å². The molecule has 168 valence electrons. The molecular weight excluding hydrogens is 463 g/mol. The minimum atomic E-state index is -1.36. The quantitative estimate of drug-likeness (QED) is 0.438. The number of nitrogens with one attached hydrogen (secondary N) is 1. The van der Waals surface area contributed by atoms with Crippen LogP contribution in [0, 0.1) is 0 Å². The Morgan fingerprint density at radius 1 is 1.06 bits per heavy atom. The maximum atomic E-state index is 12.6. The summed E-state index contributed by atoms with van der Waals surface area (Å²) in [5.74, 6) is -1.41. The minimum absolute atomic E-state index is 0.00553. The molecule has 0 aliphatic carbocycles. The van der Waals surface area contributed by atoms with E-state index in [0.29, 0.717) is 5.95 Å². The van der Waals surface area contributed by atoms with Gasteiger partial charge in [-0.1, -0.05) is 60.1 Å². The fourth-order valence-electron chi connectivity index (χ4n) is 2.92. The zero-order chi connectivity index (χ0) is 24.0. The highest BCUT2D eigenvalue weighted by Gasteiger charge is 2.24. The van der Waals surface area contributed by atoms with Crippen LogP contribution in [0.15, 0.2) is 79.2 Å². The molecule has 0 unspecified atom stereocenters. The minimum Gasteiger partial charge on any atom is -0.479 e. The molecule has 33 heavy (non-hydrogen) atoms. The number of aromatic nitrogens is 2. The average Bonchev–Trinajstić information content (AvgIpc) is 2.81. The lowest BCUT2D eigenvalue weighted by atomic mass is 10.1. The number of hydrogen-bond donors (Lipinski definition) is 2. The molecule has 0 saturated heterocycles. The summed E-state index contributed by atoms with van der Waals surface area (Å²) < 4.78 is 0. The summed E-state index contributed by atoms with van der Waals surface area (Å²) >= 11 is 12.1. The summed E-state index contributed by atoms with van der Waals surface area (Å²) in [6, 6.07) is 12.5. The predicted octanol–water partition coefficient (Wildman–Crippen LogP) is 5.00. The number of rotatable bonds is 8. The number of anilines is 2. The highest BCUT2D eigenvalue weighted by atomic mass is 35.5. The number of aliphatic carboxylic acids is 1. The van der Waals surface area contributed by atoms with Gasteiger partial charge in [0, 0.05) is 25.1 Å². The van der Waals surface area contributed by atoms with Crippen LogP contribution in [0.25, 0.3) is 6.08 Å². The van der Waals surface area contributed by atoms with Crippen LogP contribution in [-0.4, -0.2) is 40.0 Å². The second-order valence-electron chi connectivity index (χ2n) is 6.95. The molecule has 0 fully saturated rings. The molecule has 3 aromatic rings. The molecule has 0 spiro atoms. The maximum absolute atomic E-state index is 12.6. The second kappa shape index (κ2) is 10.8. The van der Waals surface area contributed by atoms with Crippen LogP contribution in [0.4, 0.5) is 11.6 Å². The van der Waals surface area contributed by atoms with E-state index in [-0.39, 0.29) is 21.2 Å². The van der Waals surface area contributed by atoms with Crippen molar-refractivity contribution in [2.24, 2.45) is 0 Å². The van der Waals surface area contributed by atoms with Gasteiger partial charge in [0.15, 0.2) is 6.04 Å². The predicted molar refractivity (Wildman–Crippen MR) is 130 cm³/mol. The zero-order valence-electron chi connectivity index (χ0n) is 17.6. The molecule has 7 nitrogen and oxygen atoms in total. The lowest BCUT2D eigenvalue weighted by Gasteiger charge is -2.17. The first-order valence-corrected chi connectivity index (χ1v) is 10.5. The van der Waals surface area contributed by atoms with Gasteiger partial charge in [0.1, 0.15) is 0 Å². The van der Waals surface area contributed by atoms with E-state index < -0.39 is 17.9 Å². The lowest BCUT2D eigenvalue weighted by Crippen LogP contribution is -2.41. The van der Waals surface area contributed by atoms with E-state index in [4.69, 9.17) is 23.2 Å². The van der Waals surface area contributed by atoms with Crippen molar-refractivity contribution in [2.75, 3.05) is 11.9 Å². The first kappa shape index (κ1) is 24.0. The molecule has 3 rings (SSSR count). The standard InChI is InChI=1S/C24H20Cl2N4O3/c1-15(21(23(32)33)29-22(31)20-18(25)5-3-6-19(20)26)7-8-16-9-11-17(12-10-16)30(2)24-27-13-4-14-28-24/h3-14,21H,1H2,2H3,(H,29,31)(H,32,33)/b8-7+/t21-/m0/s1. The van der Waals surface area contributed by atoms with Gasteiger partial charge in [-0.25, -0.2) is 14.8 Å². The Kier molecular flexibility index (Phi) is 7.82. The third kappa shape index (κ3) is 5.97. The lowest BCUT2D eigenvalue weighted by molar-refractivity contribution is -0.138. The third-order valence-corrected chi connectivity index (χ3v) is 5.34. The molecule has 1 amide bonds. The number of halogens is 2. The topological polar surface area (TPSA) is 95.4 Å². The van der Waals surface area contributed by atoms with Crippen molar-refractivity contribution in [2.45, 2.75) is 6.04 Å². The highest BCUT2D eigenvalue weighted by Crippen LogP contribution is 2.25. The Hall–Kier alpha value is -3.68. The zero-order valence-corrected chi connectivity index (χ0v) is 19.1. The fraction of sp³-hybridized carbons (Fsp3) is 0.0833.